The molecule has 2 aromatic heterocycles. The number of nitrogens with zero attached hydrogens (tertiary/aromatic N) is 3. The van der Waals surface area contributed by atoms with Crippen LogP contribution in [0.1, 0.15) is 31.3 Å². The highest BCUT2D eigenvalue weighted by molar-refractivity contribution is 5.41. The second kappa shape index (κ2) is 5.52. The molecule has 0 fully saturated rings. The van der Waals surface area contributed by atoms with Gasteiger partial charge in [0.1, 0.15) is 5.69 Å². The molecule has 7 heteroatoms. The van der Waals surface area contributed by atoms with Gasteiger partial charge in [0.15, 0.2) is 0 Å². The van der Waals surface area contributed by atoms with Crippen molar-refractivity contribution in [2.45, 2.75) is 32.6 Å². The van der Waals surface area contributed by atoms with Crippen LogP contribution in [0.25, 0.3) is 0 Å². The molecule has 0 bridgehead atoms. The van der Waals surface area contributed by atoms with Crippen LogP contribution in [0.5, 0.6) is 0 Å². The topological polar surface area (TPSA) is 42.7 Å². The third kappa shape index (κ3) is 3.28. The number of halogens is 3. The van der Waals surface area contributed by atoms with Gasteiger partial charge in [0, 0.05) is 12.2 Å². The summed E-state index contributed by atoms with van der Waals surface area (Å²) in [5.74, 6) is 0. The van der Waals surface area contributed by atoms with Gasteiger partial charge in [-0.1, -0.05) is 0 Å². The number of alkyl halides is 3. The smallest absolute Gasteiger partial charge is 0.378 e. The highest BCUT2D eigenvalue weighted by atomic mass is 19.4. The number of imidazole rings is 1. The van der Waals surface area contributed by atoms with Gasteiger partial charge >= 0.3 is 6.18 Å². The Bertz CT molecular complexity index is 558. The number of rotatable bonds is 4. The Hall–Kier alpha value is -2.05. The molecular formula is C13H15F3N4. The van der Waals surface area contributed by atoms with Crippen LogP contribution < -0.4 is 5.32 Å². The van der Waals surface area contributed by atoms with E-state index in [9.17, 15) is 13.2 Å². The molecule has 0 aromatic carbocycles. The minimum absolute atomic E-state index is 0.278. The fraction of sp³-hybridized carbons (Fsp3) is 0.385. The minimum atomic E-state index is -4.41. The van der Waals surface area contributed by atoms with Gasteiger partial charge in [0.05, 0.1) is 30.5 Å². The van der Waals surface area contributed by atoms with Crippen molar-refractivity contribution in [1.29, 1.82) is 0 Å². The number of pyridine rings is 1. The zero-order valence-electron chi connectivity index (χ0n) is 11.1. The highest BCUT2D eigenvalue weighted by Crippen LogP contribution is 2.27. The summed E-state index contributed by atoms with van der Waals surface area (Å²) < 4.78 is 39.1. The van der Waals surface area contributed by atoms with Gasteiger partial charge < -0.3 is 9.88 Å². The van der Waals surface area contributed by atoms with E-state index in [2.05, 4.69) is 15.3 Å². The van der Waals surface area contributed by atoms with Crippen LogP contribution in [0.15, 0.2) is 30.9 Å². The molecule has 2 rings (SSSR count). The first kappa shape index (κ1) is 14.4. The maximum Gasteiger partial charge on any atom is 0.433 e. The Balaban J connectivity index is 2.02. The van der Waals surface area contributed by atoms with Crippen LogP contribution in [0.4, 0.5) is 18.9 Å². The maximum absolute atomic E-state index is 12.4. The minimum Gasteiger partial charge on any atom is -0.378 e. The molecule has 0 aliphatic carbocycles. The lowest BCUT2D eigenvalue weighted by molar-refractivity contribution is -0.141. The average molecular weight is 284 g/mol. The van der Waals surface area contributed by atoms with Crippen molar-refractivity contribution in [2.75, 3.05) is 5.32 Å². The zero-order chi connectivity index (χ0) is 14.8. The predicted octanol–water partition coefficient (Wildman–Crippen LogP) is 3.49. The largest absolute Gasteiger partial charge is 0.433 e. The van der Waals surface area contributed by atoms with Crippen LogP contribution in [0, 0.1) is 0 Å². The third-order valence-corrected chi connectivity index (χ3v) is 2.83. The van der Waals surface area contributed by atoms with Gasteiger partial charge in [-0.2, -0.15) is 13.2 Å². The normalized spacial score (nSPS) is 11.9. The molecule has 4 nitrogen and oxygen atoms in total. The molecule has 108 valence electrons. The third-order valence-electron chi connectivity index (χ3n) is 2.83. The first-order valence-corrected chi connectivity index (χ1v) is 6.15. The summed E-state index contributed by atoms with van der Waals surface area (Å²) in [6.45, 7) is 4.54. The summed E-state index contributed by atoms with van der Waals surface area (Å²) in [6.07, 6.45) is 0.227. The van der Waals surface area contributed by atoms with E-state index >= 15 is 0 Å². The van der Waals surface area contributed by atoms with Crippen LogP contribution >= 0.6 is 0 Å². The summed E-state index contributed by atoms with van der Waals surface area (Å²) in [5, 5.41) is 3.03. The second-order valence-electron chi connectivity index (χ2n) is 4.67. The molecule has 2 aromatic rings. The molecule has 1 N–H and O–H groups in total. The fourth-order valence-corrected chi connectivity index (χ4v) is 1.79. The lowest BCUT2D eigenvalue weighted by Crippen LogP contribution is -2.10. The number of nitrogens with one attached hydrogen (secondary N) is 1. The van der Waals surface area contributed by atoms with Crippen molar-refractivity contribution in [3.05, 3.63) is 42.2 Å². The SMILES string of the molecule is CC(C)n1cncc1CNc1ccc(C(F)(F)F)nc1. The summed E-state index contributed by atoms with van der Waals surface area (Å²) >= 11 is 0. The number of anilines is 1. The van der Waals surface area contributed by atoms with Crippen LogP contribution in [0.2, 0.25) is 0 Å². The van der Waals surface area contributed by atoms with Crippen molar-refractivity contribution in [3.63, 3.8) is 0 Å². The molecule has 0 saturated heterocycles. The van der Waals surface area contributed by atoms with E-state index in [4.69, 9.17) is 0 Å². The standard InChI is InChI=1S/C13H15F3N4/c1-9(2)20-8-17-6-11(20)7-18-10-3-4-12(19-5-10)13(14,15)16/h3-6,8-9,18H,7H2,1-2H3. The van der Waals surface area contributed by atoms with E-state index < -0.39 is 11.9 Å². The highest BCUT2D eigenvalue weighted by Gasteiger charge is 2.31. The molecule has 0 saturated carbocycles. The Morgan fingerprint density at radius 1 is 1.25 bits per heavy atom. The van der Waals surface area contributed by atoms with E-state index in [1.54, 1.807) is 12.5 Å². The second-order valence-corrected chi connectivity index (χ2v) is 4.67. The number of aromatic nitrogens is 3. The lowest BCUT2D eigenvalue weighted by atomic mass is 10.3. The molecule has 0 spiro atoms. The quantitative estimate of drug-likeness (QED) is 0.934. The van der Waals surface area contributed by atoms with E-state index in [0.29, 0.717) is 12.2 Å². The first-order chi connectivity index (χ1) is 9.38. The molecule has 0 aliphatic heterocycles. The number of hydrogen-bond donors (Lipinski definition) is 1. The van der Waals surface area contributed by atoms with Crippen molar-refractivity contribution < 1.29 is 13.2 Å². The molecule has 20 heavy (non-hydrogen) atoms. The van der Waals surface area contributed by atoms with Gasteiger partial charge in [-0.25, -0.2) is 9.97 Å². The van der Waals surface area contributed by atoms with Gasteiger partial charge in [-0.15, -0.1) is 0 Å². The molecule has 2 heterocycles. The summed E-state index contributed by atoms with van der Waals surface area (Å²) in [6, 6.07) is 2.61. The van der Waals surface area contributed by atoms with Crippen LogP contribution in [0.3, 0.4) is 0 Å². The van der Waals surface area contributed by atoms with Gasteiger partial charge in [-0.3, -0.25) is 0 Å². The zero-order valence-corrected chi connectivity index (χ0v) is 11.1. The van der Waals surface area contributed by atoms with Gasteiger partial charge in [-0.05, 0) is 26.0 Å². The van der Waals surface area contributed by atoms with Crippen molar-refractivity contribution in [3.8, 4) is 0 Å². The molecular weight excluding hydrogens is 269 g/mol. The van der Waals surface area contributed by atoms with Crippen molar-refractivity contribution >= 4 is 5.69 Å². The molecule has 0 unspecified atom stereocenters. The lowest BCUT2D eigenvalue weighted by Gasteiger charge is -2.13. The predicted molar refractivity (Wildman–Crippen MR) is 69.2 cm³/mol. The maximum atomic E-state index is 12.4. The number of hydrogen-bond acceptors (Lipinski definition) is 3. The van der Waals surface area contributed by atoms with Gasteiger partial charge in [0.2, 0.25) is 0 Å². The molecule has 0 amide bonds. The van der Waals surface area contributed by atoms with Gasteiger partial charge in [0.25, 0.3) is 0 Å². The monoisotopic (exact) mass is 284 g/mol. The Kier molecular flexibility index (Phi) is 3.96. The fourth-order valence-electron chi connectivity index (χ4n) is 1.79. The molecule has 0 atom stereocenters. The molecule has 0 aliphatic rings. The summed E-state index contributed by atoms with van der Waals surface area (Å²) in [5.41, 5.74) is 0.602. The Morgan fingerprint density at radius 2 is 2.00 bits per heavy atom. The van der Waals surface area contributed by atoms with E-state index in [0.717, 1.165) is 11.8 Å². The van der Waals surface area contributed by atoms with E-state index in [1.165, 1.54) is 12.3 Å². The van der Waals surface area contributed by atoms with Crippen LogP contribution in [-0.2, 0) is 12.7 Å². The van der Waals surface area contributed by atoms with E-state index in [-0.39, 0.29) is 6.04 Å². The average Bonchev–Trinajstić information content (AvgIpc) is 2.84. The van der Waals surface area contributed by atoms with Crippen molar-refractivity contribution in [2.24, 2.45) is 0 Å². The van der Waals surface area contributed by atoms with Crippen LogP contribution in [-0.4, -0.2) is 14.5 Å². The Morgan fingerprint density at radius 3 is 2.55 bits per heavy atom. The van der Waals surface area contributed by atoms with E-state index in [1.807, 2.05) is 18.4 Å². The molecule has 0 radical (unpaired) electrons. The van der Waals surface area contributed by atoms with Crippen molar-refractivity contribution in [1.82, 2.24) is 14.5 Å². The first-order valence-electron chi connectivity index (χ1n) is 6.15. The summed E-state index contributed by atoms with van der Waals surface area (Å²) in [4.78, 5) is 7.46. The summed E-state index contributed by atoms with van der Waals surface area (Å²) in [7, 11) is 0. The Labute approximate surface area is 114 Å².